The van der Waals surface area contributed by atoms with Crippen LogP contribution in [0.25, 0.3) is 5.69 Å². The maximum atomic E-state index is 12.9. The maximum Gasteiger partial charge on any atom is 0.295 e. The number of nitrogens with zero attached hydrogens (tertiary/aromatic N) is 4. The predicted octanol–water partition coefficient (Wildman–Crippen LogP) is 3.29. The van der Waals surface area contributed by atoms with Gasteiger partial charge >= 0.3 is 0 Å². The summed E-state index contributed by atoms with van der Waals surface area (Å²) in [7, 11) is 1.76. The van der Waals surface area contributed by atoms with Gasteiger partial charge < -0.3 is 5.32 Å². The fraction of sp³-hybridized carbons (Fsp3) is 0.222. The van der Waals surface area contributed by atoms with E-state index in [1.54, 1.807) is 18.7 Å². The SMILES string of the molecule is CCSc1ncc(Cl)c(C(=O)Nc2c(C)n(C)n(-c3ccccc3)c2=O)n1. The molecule has 1 amide bonds. The molecule has 27 heavy (non-hydrogen) atoms. The minimum Gasteiger partial charge on any atom is -0.314 e. The van der Waals surface area contributed by atoms with Gasteiger partial charge in [-0.05, 0) is 24.8 Å². The summed E-state index contributed by atoms with van der Waals surface area (Å²) >= 11 is 7.49. The summed E-state index contributed by atoms with van der Waals surface area (Å²) in [6, 6.07) is 9.20. The third-order valence-electron chi connectivity index (χ3n) is 4.00. The maximum absolute atomic E-state index is 12.9. The molecular formula is C18H18ClN5O2S. The van der Waals surface area contributed by atoms with Crippen molar-refractivity contribution in [3.05, 3.63) is 63.3 Å². The average Bonchev–Trinajstić information content (AvgIpc) is 2.87. The number of rotatable bonds is 5. The molecule has 0 aliphatic rings. The third kappa shape index (κ3) is 3.77. The Kier molecular flexibility index (Phi) is 5.67. The van der Waals surface area contributed by atoms with Crippen molar-refractivity contribution >= 4 is 35.0 Å². The number of aromatic nitrogens is 4. The molecule has 0 aliphatic carbocycles. The van der Waals surface area contributed by atoms with Gasteiger partial charge in [0.25, 0.3) is 11.5 Å². The number of nitrogens with one attached hydrogen (secondary N) is 1. The Morgan fingerprint density at radius 1 is 1.30 bits per heavy atom. The van der Waals surface area contributed by atoms with E-state index >= 15 is 0 Å². The van der Waals surface area contributed by atoms with Crippen molar-refractivity contribution in [3.63, 3.8) is 0 Å². The molecule has 9 heteroatoms. The monoisotopic (exact) mass is 403 g/mol. The van der Waals surface area contributed by atoms with E-state index < -0.39 is 5.91 Å². The van der Waals surface area contributed by atoms with E-state index in [4.69, 9.17) is 11.6 Å². The van der Waals surface area contributed by atoms with Crippen LogP contribution < -0.4 is 10.9 Å². The lowest BCUT2D eigenvalue weighted by molar-refractivity contribution is 0.102. The summed E-state index contributed by atoms with van der Waals surface area (Å²) in [6.07, 6.45) is 1.39. The highest BCUT2D eigenvalue weighted by atomic mass is 35.5. The molecule has 2 aromatic heterocycles. The summed E-state index contributed by atoms with van der Waals surface area (Å²) in [5, 5.41) is 3.25. The van der Waals surface area contributed by atoms with Crippen molar-refractivity contribution in [3.8, 4) is 5.69 Å². The summed E-state index contributed by atoms with van der Waals surface area (Å²) in [4.78, 5) is 33.9. The normalized spacial score (nSPS) is 10.8. The first-order chi connectivity index (χ1) is 12.9. The van der Waals surface area contributed by atoms with Gasteiger partial charge in [-0.25, -0.2) is 14.6 Å². The Morgan fingerprint density at radius 2 is 2.00 bits per heavy atom. The predicted molar refractivity (Wildman–Crippen MR) is 107 cm³/mol. The lowest BCUT2D eigenvalue weighted by Crippen LogP contribution is -2.23. The first-order valence-corrected chi connectivity index (χ1v) is 9.61. The van der Waals surface area contributed by atoms with Crippen molar-refractivity contribution in [2.45, 2.75) is 19.0 Å². The number of halogens is 1. The van der Waals surface area contributed by atoms with Crippen molar-refractivity contribution in [2.75, 3.05) is 11.1 Å². The zero-order valence-corrected chi connectivity index (χ0v) is 16.6. The standard InChI is InChI=1S/C18H18ClN5O2S/c1-4-27-18-20-10-13(19)15(22-18)16(25)21-14-11(2)23(3)24(17(14)26)12-8-6-5-7-9-12/h5-10H,4H2,1-3H3,(H,21,25). The lowest BCUT2D eigenvalue weighted by atomic mass is 10.3. The molecule has 3 rings (SSSR count). The van der Waals surface area contributed by atoms with Crippen LogP contribution in [0.5, 0.6) is 0 Å². The molecular weight excluding hydrogens is 386 g/mol. The number of benzene rings is 1. The van der Waals surface area contributed by atoms with Crippen LogP contribution in [0, 0.1) is 6.92 Å². The molecule has 140 valence electrons. The highest BCUT2D eigenvalue weighted by molar-refractivity contribution is 7.99. The van der Waals surface area contributed by atoms with Gasteiger partial charge in [-0.3, -0.25) is 14.3 Å². The Labute approximate surface area is 165 Å². The van der Waals surface area contributed by atoms with Crippen LogP contribution in [-0.4, -0.2) is 31.0 Å². The second-order valence-electron chi connectivity index (χ2n) is 5.67. The Bertz CT molecular complexity index is 1050. The summed E-state index contributed by atoms with van der Waals surface area (Å²) in [6.45, 7) is 3.72. The van der Waals surface area contributed by atoms with E-state index in [-0.39, 0.29) is 22.0 Å². The van der Waals surface area contributed by atoms with Crippen molar-refractivity contribution in [1.29, 1.82) is 0 Å². The lowest BCUT2D eigenvalue weighted by Gasteiger charge is -2.07. The molecule has 1 aromatic carbocycles. The largest absolute Gasteiger partial charge is 0.314 e. The number of amides is 1. The summed E-state index contributed by atoms with van der Waals surface area (Å²) in [5.74, 6) is 0.216. The average molecular weight is 404 g/mol. The number of hydrogen-bond acceptors (Lipinski definition) is 5. The van der Waals surface area contributed by atoms with Gasteiger partial charge in [-0.2, -0.15) is 0 Å². The molecule has 0 fully saturated rings. The molecule has 0 radical (unpaired) electrons. The van der Waals surface area contributed by atoms with Crippen LogP contribution >= 0.6 is 23.4 Å². The van der Waals surface area contributed by atoms with E-state index in [0.29, 0.717) is 16.5 Å². The summed E-state index contributed by atoms with van der Waals surface area (Å²) < 4.78 is 3.18. The molecule has 0 unspecified atom stereocenters. The fourth-order valence-electron chi connectivity index (χ4n) is 2.59. The number of thioether (sulfide) groups is 1. The second-order valence-corrected chi connectivity index (χ2v) is 7.31. The third-order valence-corrected chi connectivity index (χ3v) is 5.02. The molecule has 0 spiro atoms. The molecule has 7 nitrogen and oxygen atoms in total. The van der Waals surface area contributed by atoms with E-state index in [1.165, 1.54) is 22.6 Å². The zero-order valence-electron chi connectivity index (χ0n) is 15.1. The van der Waals surface area contributed by atoms with E-state index in [1.807, 2.05) is 37.3 Å². The molecule has 0 bridgehead atoms. The highest BCUT2D eigenvalue weighted by Crippen LogP contribution is 2.20. The van der Waals surface area contributed by atoms with E-state index in [2.05, 4.69) is 15.3 Å². The number of carbonyl (C=O) groups is 1. The Hall–Kier alpha value is -2.58. The molecule has 1 N–H and O–H groups in total. The molecule has 0 saturated carbocycles. The zero-order chi connectivity index (χ0) is 19.6. The molecule has 3 aromatic rings. The number of carbonyl (C=O) groups excluding carboxylic acids is 1. The first kappa shape index (κ1) is 19.2. The van der Waals surface area contributed by atoms with Crippen molar-refractivity contribution in [1.82, 2.24) is 19.3 Å². The van der Waals surface area contributed by atoms with Gasteiger partial charge in [0, 0.05) is 7.05 Å². The minimum atomic E-state index is -0.550. The number of para-hydroxylation sites is 1. The fourth-order valence-corrected chi connectivity index (χ4v) is 3.31. The minimum absolute atomic E-state index is 0.0385. The van der Waals surface area contributed by atoms with Crippen molar-refractivity contribution < 1.29 is 4.79 Å². The smallest absolute Gasteiger partial charge is 0.295 e. The van der Waals surface area contributed by atoms with Gasteiger partial charge in [-0.15, -0.1) is 0 Å². The van der Waals surface area contributed by atoms with E-state index in [0.717, 1.165) is 5.75 Å². The van der Waals surface area contributed by atoms with Crippen LogP contribution in [0.15, 0.2) is 46.5 Å². The quantitative estimate of drug-likeness (QED) is 0.522. The Balaban J connectivity index is 1.99. The molecule has 2 heterocycles. The topological polar surface area (TPSA) is 81.8 Å². The molecule has 0 saturated heterocycles. The Morgan fingerprint density at radius 3 is 2.67 bits per heavy atom. The van der Waals surface area contributed by atoms with Gasteiger partial charge in [0.1, 0.15) is 5.69 Å². The van der Waals surface area contributed by atoms with E-state index in [9.17, 15) is 9.59 Å². The van der Waals surface area contributed by atoms with Gasteiger partial charge in [0.2, 0.25) is 0 Å². The molecule has 0 aliphatic heterocycles. The van der Waals surface area contributed by atoms with Crippen LogP contribution in [0.3, 0.4) is 0 Å². The van der Waals surface area contributed by atoms with Gasteiger partial charge in [-0.1, -0.05) is 48.5 Å². The van der Waals surface area contributed by atoms with Gasteiger partial charge in [0.05, 0.1) is 22.6 Å². The number of hydrogen-bond donors (Lipinski definition) is 1. The second kappa shape index (κ2) is 7.98. The van der Waals surface area contributed by atoms with Crippen LogP contribution in [0.1, 0.15) is 23.1 Å². The van der Waals surface area contributed by atoms with Gasteiger partial charge in [0.15, 0.2) is 10.9 Å². The highest BCUT2D eigenvalue weighted by Gasteiger charge is 2.21. The van der Waals surface area contributed by atoms with Crippen LogP contribution in [0.4, 0.5) is 5.69 Å². The number of anilines is 1. The van der Waals surface area contributed by atoms with Crippen LogP contribution in [0.2, 0.25) is 5.02 Å². The van der Waals surface area contributed by atoms with Crippen LogP contribution in [-0.2, 0) is 7.05 Å². The first-order valence-electron chi connectivity index (χ1n) is 8.24. The summed E-state index contributed by atoms with van der Waals surface area (Å²) in [5.41, 5.74) is 1.21. The molecule has 0 atom stereocenters. The van der Waals surface area contributed by atoms with Crippen molar-refractivity contribution in [2.24, 2.45) is 7.05 Å².